The zero-order chi connectivity index (χ0) is 15.7. The van der Waals surface area contributed by atoms with Crippen LogP contribution in [0.15, 0.2) is 18.2 Å². The minimum absolute atomic E-state index is 0.192. The van der Waals surface area contributed by atoms with E-state index in [1.165, 1.54) is 0 Å². The Balaban J connectivity index is 2.13. The number of carbonyl (C=O) groups is 1. The summed E-state index contributed by atoms with van der Waals surface area (Å²) in [6, 6.07) is 5.56. The van der Waals surface area contributed by atoms with Crippen molar-refractivity contribution in [2.24, 2.45) is 0 Å². The lowest BCUT2D eigenvalue weighted by Gasteiger charge is -2.30. The van der Waals surface area contributed by atoms with E-state index in [-0.39, 0.29) is 11.6 Å². The van der Waals surface area contributed by atoms with Crippen molar-refractivity contribution in [3.8, 4) is 11.5 Å². The average molecular weight is 292 g/mol. The third kappa shape index (κ3) is 4.03. The maximum atomic E-state index is 12.1. The summed E-state index contributed by atoms with van der Waals surface area (Å²) in [5.41, 5.74) is 0.189. The van der Waals surface area contributed by atoms with Crippen molar-refractivity contribution in [1.82, 2.24) is 10.6 Å². The Morgan fingerprint density at radius 2 is 1.62 bits per heavy atom. The van der Waals surface area contributed by atoms with E-state index in [0.717, 1.165) is 17.1 Å². The molecule has 2 amide bonds. The van der Waals surface area contributed by atoms with Gasteiger partial charge in [0.1, 0.15) is 13.2 Å². The number of fused-ring (bicyclic) bond motifs is 1. The number of hydrogen-bond acceptors (Lipinski definition) is 3. The van der Waals surface area contributed by atoms with Gasteiger partial charge in [0.2, 0.25) is 0 Å². The zero-order valence-corrected chi connectivity index (χ0v) is 13.4. The summed E-state index contributed by atoms with van der Waals surface area (Å²) in [5.74, 6) is 1.48. The molecule has 21 heavy (non-hydrogen) atoms. The number of rotatable bonds is 2. The molecule has 0 atom stereocenters. The Morgan fingerprint density at radius 1 is 1.00 bits per heavy atom. The van der Waals surface area contributed by atoms with Crippen LogP contribution in [0.4, 0.5) is 4.79 Å². The van der Waals surface area contributed by atoms with Gasteiger partial charge >= 0.3 is 6.03 Å². The molecule has 0 radical (unpaired) electrons. The van der Waals surface area contributed by atoms with Crippen LogP contribution in [0.25, 0.3) is 0 Å². The molecule has 1 heterocycles. The standard InChI is InChI=1S/C16H24N2O3/c1-15(2,3)17-14(19)18-16(4,5)11-6-7-12-13(10-11)21-9-8-20-12/h6-7,10H,8-9H2,1-5H3,(H2,17,18,19). The fraction of sp³-hybridized carbons (Fsp3) is 0.562. The molecule has 0 aromatic heterocycles. The largest absolute Gasteiger partial charge is 0.486 e. The molecule has 5 heteroatoms. The lowest BCUT2D eigenvalue weighted by molar-refractivity contribution is 0.171. The molecule has 1 aliphatic heterocycles. The Morgan fingerprint density at radius 3 is 2.24 bits per heavy atom. The molecule has 5 nitrogen and oxygen atoms in total. The van der Waals surface area contributed by atoms with E-state index in [1.54, 1.807) is 0 Å². The summed E-state index contributed by atoms with van der Waals surface area (Å²) in [4.78, 5) is 12.1. The van der Waals surface area contributed by atoms with Crippen molar-refractivity contribution in [2.75, 3.05) is 13.2 Å². The molecule has 1 aromatic rings. The van der Waals surface area contributed by atoms with Gasteiger partial charge in [-0.2, -0.15) is 0 Å². The van der Waals surface area contributed by atoms with E-state index in [0.29, 0.717) is 13.2 Å². The number of ether oxygens (including phenoxy) is 2. The lowest BCUT2D eigenvalue weighted by atomic mass is 9.94. The number of carbonyl (C=O) groups excluding carboxylic acids is 1. The summed E-state index contributed by atoms with van der Waals surface area (Å²) in [6.07, 6.45) is 0. The van der Waals surface area contributed by atoms with Crippen molar-refractivity contribution >= 4 is 6.03 Å². The summed E-state index contributed by atoms with van der Waals surface area (Å²) in [5, 5.41) is 5.89. The van der Waals surface area contributed by atoms with Gasteiger partial charge in [-0.1, -0.05) is 6.07 Å². The lowest BCUT2D eigenvalue weighted by Crippen LogP contribution is -2.52. The van der Waals surface area contributed by atoms with Crippen molar-refractivity contribution < 1.29 is 14.3 Å². The molecule has 0 saturated carbocycles. The van der Waals surface area contributed by atoms with Crippen molar-refractivity contribution in [3.63, 3.8) is 0 Å². The van der Waals surface area contributed by atoms with Crippen molar-refractivity contribution in [2.45, 2.75) is 45.7 Å². The molecule has 0 bridgehead atoms. The Bertz CT molecular complexity index is 533. The van der Waals surface area contributed by atoms with E-state index in [1.807, 2.05) is 52.8 Å². The quantitative estimate of drug-likeness (QED) is 0.881. The van der Waals surface area contributed by atoms with Crippen LogP contribution in [0.2, 0.25) is 0 Å². The summed E-state index contributed by atoms with van der Waals surface area (Å²) in [7, 11) is 0. The minimum Gasteiger partial charge on any atom is -0.486 e. The van der Waals surface area contributed by atoms with Gasteiger partial charge in [0.25, 0.3) is 0 Å². The number of urea groups is 1. The van der Waals surface area contributed by atoms with Gasteiger partial charge < -0.3 is 20.1 Å². The summed E-state index contributed by atoms with van der Waals surface area (Å²) >= 11 is 0. The summed E-state index contributed by atoms with van der Waals surface area (Å²) in [6.45, 7) is 10.9. The zero-order valence-electron chi connectivity index (χ0n) is 13.4. The predicted octanol–water partition coefficient (Wildman–Crippen LogP) is 2.79. The highest BCUT2D eigenvalue weighted by Crippen LogP contribution is 2.34. The van der Waals surface area contributed by atoms with Gasteiger partial charge in [-0.3, -0.25) is 0 Å². The van der Waals surface area contributed by atoms with Crippen LogP contribution in [0.1, 0.15) is 40.2 Å². The van der Waals surface area contributed by atoms with Crippen LogP contribution in [0, 0.1) is 0 Å². The highest BCUT2D eigenvalue weighted by atomic mass is 16.6. The highest BCUT2D eigenvalue weighted by molar-refractivity contribution is 5.75. The van der Waals surface area contributed by atoms with E-state index in [9.17, 15) is 4.79 Å². The SMILES string of the molecule is CC(C)(C)NC(=O)NC(C)(C)c1ccc2c(c1)OCCO2. The third-order valence-electron chi connectivity index (χ3n) is 3.18. The molecule has 0 unspecified atom stereocenters. The van der Waals surface area contributed by atoms with Crippen LogP contribution in [-0.4, -0.2) is 24.8 Å². The van der Waals surface area contributed by atoms with Crippen molar-refractivity contribution in [1.29, 1.82) is 0 Å². The first-order valence-electron chi connectivity index (χ1n) is 7.18. The Hall–Kier alpha value is -1.91. The molecular formula is C16H24N2O3. The summed E-state index contributed by atoms with van der Waals surface area (Å²) < 4.78 is 11.1. The van der Waals surface area contributed by atoms with Crippen LogP contribution >= 0.6 is 0 Å². The van der Waals surface area contributed by atoms with E-state index < -0.39 is 5.54 Å². The maximum absolute atomic E-state index is 12.1. The fourth-order valence-electron chi connectivity index (χ4n) is 2.16. The van der Waals surface area contributed by atoms with Crippen LogP contribution in [-0.2, 0) is 5.54 Å². The number of amides is 2. The van der Waals surface area contributed by atoms with E-state index >= 15 is 0 Å². The van der Waals surface area contributed by atoms with Gasteiger partial charge in [0.05, 0.1) is 5.54 Å². The smallest absolute Gasteiger partial charge is 0.315 e. The first kappa shape index (κ1) is 15.5. The molecule has 2 rings (SSSR count). The Labute approximate surface area is 126 Å². The molecule has 1 aliphatic rings. The molecule has 0 saturated heterocycles. The molecule has 0 spiro atoms. The van der Waals surface area contributed by atoms with Crippen molar-refractivity contribution in [3.05, 3.63) is 23.8 Å². The monoisotopic (exact) mass is 292 g/mol. The highest BCUT2D eigenvalue weighted by Gasteiger charge is 2.26. The second kappa shape index (κ2) is 5.47. The number of hydrogen-bond donors (Lipinski definition) is 2. The fourth-order valence-corrected chi connectivity index (χ4v) is 2.16. The molecule has 0 fully saturated rings. The predicted molar refractivity (Wildman–Crippen MR) is 81.9 cm³/mol. The van der Waals surface area contributed by atoms with Gasteiger partial charge in [-0.25, -0.2) is 4.79 Å². The molecule has 116 valence electrons. The third-order valence-corrected chi connectivity index (χ3v) is 3.18. The van der Waals surface area contributed by atoms with Gasteiger partial charge in [-0.15, -0.1) is 0 Å². The first-order chi connectivity index (χ1) is 9.67. The minimum atomic E-state index is -0.509. The van der Waals surface area contributed by atoms with Crippen LogP contribution in [0.5, 0.6) is 11.5 Å². The molecule has 1 aromatic carbocycles. The topological polar surface area (TPSA) is 59.6 Å². The maximum Gasteiger partial charge on any atom is 0.315 e. The van der Waals surface area contributed by atoms with E-state index in [4.69, 9.17) is 9.47 Å². The molecule has 0 aliphatic carbocycles. The average Bonchev–Trinajstić information content (AvgIpc) is 2.35. The van der Waals surface area contributed by atoms with Crippen LogP contribution in [0.3, 0.4) is 0 Å². The normalized spacial score (nSPS) is 14.5. The van der Waals surface area contributed by atoms with E-state index in [2.05, 4.69) is 10.6 Å². The molecule has 2 N–H and O–H groups in total. The number of benzene rings is 1. The van der Waals surface area contributed by atoms with Crippen LogP contribution < -0.4 is 20.1 Å². The van der Waals surface area contributed by atoms with Gasteiger partial charge in [0.15, 0.2) is 11.5 Å². The molecular weight excluding hydrogens is 268 g/mol. The second-order valence-electron chi connectivity index (χ2n) is 6.81. The Kier molecular flexibility index (Phi) is 4.03. The van der Waals surface area contributed by atoms with Gasteiger partial charge in [0, 0.05) is 5.54 Å². The van der Waals surface area contributed by atoms with Gasteiger partial charge in [-0.05, 0) is 52.3 Å². The first-order valence-corrected chi connectivity index (χ1v) is 7.18. The number of nitrogens with one attached hydrogen (secondary N) is 2. The second-order valence-corrected chi connectivity index (χ2v) is 6.81.